The summed E-state index contributed by atoms with van der Waals surface area (Å²) in [6.07, 6.45) is 1.76. The van der Waals surface area contributed by atoms with Crippen molar-refractivity contribution in [2.24, 2.45) is 0 Å². The lowest BCUT2D eigenvalue weighted by Gasteiger charge is -2.19. The van der Waals surface area contributed by atoms with E-state index >= 15 is 0 Å². The van der Waals surface area contributed by atoms with Crippen LogP contribution in [0.4, 0.5) is 0 Å². The average Bonchev–Trinajstić information content (AvgIpc) is 2.82. The summed E-state index contributed by atoms with van der Waals surface area (Å²) in [5.74, 6) is -0.0209. The van der Waals surface area contributed by atoms with E-state index < -0.39 is 16.8 Å². The van der Waals surface area contributed by atoms with Crippen molar-refractivity contribution in [2.75, 3.05) is 12.3 Å². The molecule has 0 amide bonds. The standard InChI is InChI=1S/C28H32ClNO3S/c1-20-6-7-23(16-21(20)2)17-25(24-4-3-5-26(29)18-24)13-15-34(33)27-10-8-22(9-11-27)19-30-14-12-28(31)32/h3-11,16,18,25,30H,12-15,17,19H2,1-2H3,(H,31,32). The Hall–Kier alpha value is -2.47. The van der Waals surface area contributed by atoms with Gasteiger partial charge in [0.15, 0.2) is 0 Å². The van der Waals surface area contributed by atoms with E-state index in [4.69, 9.17) is 16.7 Å². The maximum Gasteiger partial charge on any atom is 0.304 e. The number of halogens is 1. The summed E-state index contributed by atoms with van der Waals surface area (Å²) < 4.78 is 13.0. The highest BCUT2D eigenvalue weighted by atomic mass is 35.5. The van der Waals surface area contributed by atoms with Crippen molar-refractivity contribution in [2.45, 2.75) is 50.5 Å². The molecule has 2 N–H and O–H groups in total. The van der Waals surface area contributed by atoms with Crippen molar-refractivity contribution in [1.29, 1.82) is 0 Å². The van der Waals surface area contributed by atoms with Gasteiger partial charge in [0, 0.05) is 28.8 Å². The lowest BCUT2D eigenvalue weighted by atomic mass is 9.89. The Balaban J connectivity index is 1.64. The normalized spacial score (nSPS) is 12.9. The van der Waals surface area contributed by atoms with E-state index in [1.165, 1.54) is 22.3 Å². The van der Waals surface area contributed by atoms with Gasteiger partial charge in [-0.05, 0) is 84.7 Å². The molecule has 0 saturated heterocycles. The Morgan fingerprint density at radius 3 is 2.41 bits per heavy atom. The second-order valence-corrected chi connectivity index (χ2v) is 10.7. The van der Waals surface area contributed by atoms with Crippen molar-refractivity contribution in [3.05, 3.63) is 99.6 Å². The van der Waals surface area contributed by atoms with Gasteiger partial charge in [0.25, 0.3) is 0 Å². The maximum atomic E-state index is 13.0. The van der Waals surface area contributed by atoms with Gasteiger partial charge in [0.05, 0.1) is 17.2 Å². The predicted octanol–water partition coefficient (Wildman–Crippen LogP) is 6.05. The van der Waals surface area contributed by atoms with E-state index in [0.717, 1.165) is 28.3 Å². The minimum Gasteiger partial charge on any atom is -0.481 e. The largest absolute Gasteiger partial charge is 0.481 e. The lowest BCUT2D eigenvalue weighted by Crippen LogP contribution is -2.17. The fourth-order valence-electron chi connectivity index (χ4n) is 3.92. The SMILES string of the molecule is Cc1ccc(CC(CCS(=O)c2ccc(CNCCC(=O)O)cc2)c2cccc(Cl)c2)cc1C. The van der Waals surface area contributed by atoms with Crippen molar-refractivity contribution in [3.8, 4) is 0 Å². The summed E-state index contributed by atoms with van der Waals surface area (Å²) >= 11 is 6.28. The summed E-state index contributed by atoms with van der Waals surface area (Å²) in [5, 5.41) is 12.5. The molecule has 0 saturated carbocycles. The Kier molecular flexibility index (Phi) is 9.87. The van der Waals surface area contributed by atoms with E-state index in [1.807, 2.05) is 42.5 Å². The van der Waals surface area contributed by atoms with Gasteiger partial charge < -0.3 is 10.4 Å². The van der Waals surface area contributed by atoms with Gasteiger partial charge in [0.2, 0.25) is 0 Å². The second-order valence-electron chi connectivity index (χ2n) is 8.68. The predicted molar refractivity (Wildman–Crippen MR) is 140 cm³/mol. The Bertz CT molecular complexity index is 1130. The van der Waals surface area contributed by atoms with Crippen LogP contribution in [0.3, 0.4) is 0 Å². The van der Waals surface area contributed by atoms with Crippen LogP contribution in [0.25, 0.3) is 0 Å². The number of aliphatic carboxylic acids is 1. The minimum absolute atomic E-state index is 0.0953. The van der Waals surface area contributed by atoms with Gasteiger partial charge in [-0.25, -0.2) is 0 Å². The molecule has 3 aromatic rings. The summed E-state index contributed by atoms with van der Waals surface area (Å²) in [4.78, 5) is 11.4. The first-order valence-electron chi connectivity index (χ1n) is 11.5. The molecule has 0 aromatic heterocycles. The van der Waals surface area contributed by atoms with Crippen LogP contribution in [-0.4, -0.2) is 27.6 Å². The van der Waals surface area contributed by atoms with E-state index in [1.54, 1.807) is 0 Å². The molecule has 6 heteroatoms. The maximum absolute atomic E-state index is 13.0. The number of aryl methyl sites for hydroxylation is 2. The third-order valence-electron chi connectivity index (χ3n) is 6.06. The number of benzene rings is 3. The van der Waals surface area contributed by atoms with E-state index in [0.29, 0.717) is 18.8 Å². The topological polar surface area (TPSA) is 66.4 Å². The molecule has 0 bridgehead atoms. The minimum atomic E-state index is -1.10. The van der Waals surface area contributed by atoms with E-state index in [-0.39, 0.29) is 12.3 Å². The Labute approximate surface area is 209 Å². The van der Waals surface area contributed by atoms with Gasteiger partial charge in [-0.3, -0.25) is 9.00 Å². The fourth-order valence-corrected chi connectivity index (χ4v) is 5.29. The third-order valence-corrected chi connectivity index (χ3v) is 7.70. The molecular formula is C28H32ClNO3S. The third kappa shape index (κ3) is 8.08. The molecule has 2 atom stereocenters. The average molecular weight is 498 g/mol. The van der Waals surface area contributed by atoms with E-state index in [9.17, 15) is 9.00 Å². The molecule has 4 nitrogen and oxygen atoms in total. The van der Waals surface area contributed by atoms with Crippen molar-refractivity contribution in [1.82, 2.24) is 5.32 Å². The number of hydrogen-bond acceptors (Lipinski definition) is 3. The number of carboxylic acids is 1. The fraction of sp³-hybridized carbons (Fsp3) is 0.321. The van der Waals surface area contributed by atoms with Crippen molar-refractivity contribution < 1.29 is 14.1 Å². The summed E-state index contributed by atoms with van der Waals surface area (Å²) in [6, 6.07) is 22.3. The van der Waals surface area contributed by atoms with Crippen LogP contribution in [0.15, 0.2) is 71.6 Å². The molecule has 180 valence electrons. The second kappa shape index (κ2) is 12.8. The zero-order valence-electron chi connectivity index (χ0n) is 19.7. The highest BCUT2D eigenvalue weighted by Crippen LogP contribution is 2.28. The molecule has 0 spiro atoms. The van der Waals surface area contributed by atoms with Crippen LogP contribution in [0, 0.1) is 13.8 Å². The molecule has 0 aliphatic carbocycles. The highest BCUT2D eigenvalue weighted by molar-refractivity contribution is 7.85. The molecule has 2 unspecified atom stereocenters. The number of hydrogen-bond donors (Lipinski definition) is 2. The smallest absolute Gasteiger partial charge is 0.304 e. The zero-order chi connectivity index (χ0) is 24.5. The molecule has 0 aliphatic rings. The molecule has 3 aromatic carbocycles. The van der Waals surface area contributed by atoms with Crippen LogP contribution in [0.2, 0.25) is 5.02 Å². The summed E-state index contributed by atoms with van der Waals surface area (Å²) in [6.45, 7) is 5.27. The van der Waals surface area contributed by atoms with Gasteiger partial charge in [-0.2, -0.15) is 0 Å². The van der Waals surface area contributed by atoms with Gasteiger partial charge in [-0.15, -0.1) is 0 Å². The Morgan fingerprint density at radius 1 is 1.00 bits per heavy atom. The van der Waals surface area contributed by atoms with Crippen LogP contribution in [0.5, 0.6) is 0 Å². The molecule has 0 aliphatic heterocycles. The first-order chi connectivity index (χ1) is 16.3. The number of carbonyl (C=O) groups is 1. The first kappa shape index (κ1) is 26.1. The highest BCUT2D eigenvalue weighted by Gasteiger charge is 2.16. The first-order valence-corrected chi connectivity index (χ1v) is 13.2. The summed E-state index contributed by atoms with van der Waals surface area (Å²) in [5.41, 5.74) is 6.05. The molecular weight excluding hydrogens is 466 g/mol. The van der Waals surface area contributed by atoms with Crippen LogP contribution < -0.4 is 5.32 Å². The molecule has 3 rings (SSSR count). The molecule has 34 heavy (non-hydrogen) atoms. The Morgan fingerprint density at radius 2 is 1.74 bits per heavy atom. The van der Waals surface area contributed by atoms with Crippen LogP contribution in [-0.2, 0) is 28.6 Å². The van der Waals surface area contributed by atoms with Crippen molar-refractivity contribution in [3.63, 3.8) is 0 Å². The van der Waals surface area contributed by atoms with Crippen LogP contribution >= 0.6 is 11.6 Å². The number of nitrogens with one attached hydrogen (secondary N) is 1. The lowest BCUT2D eigenvalue weighted by molar-refractivity contribution is -0.136. The number of rotatable bonds is 12. The quantitative estimate of drug-likeness (QED) is 0.299. The molecule has 0 fully saturated rings. The number of carboxylic acid groups (broad SMARTS) is 1. The molecule has 0 radical (unpaired) electrons. The zero-order valence-corrected chi connectivity index (χ0v) is 21.3. The molecule has 0 heterocycles. The van der Waals surface area contributed by atoms with Crippen molar-refractivity contribution >= 4 is 28.4 Å². The van der Waals surface area contributed by atoms with Gasteiger partial charge in [-0.1, -0.05) is 54.1 Å². The monoisotopic (exact) mass is 497 g/mol. The summed E-state index contributed by atoms with van der Waals surface area (Å²) in [7, 11) is -1.10. The van der Waals surface area contributed by atoms with Gasteiger partial charge in [0.1, 0.15) is 0 Å². The van der Waals surface area contributed by atoms with E-state index in [2.05, 4.69) is 43.4 Å². The van der Waals surface area contributed by atoms with Gasteiger partial charge >= 0.3 is 5.97 Å². The van der Waals surface area contributed by atoms with Crippen LogP contribution in [0.1, 0.15) is 46.6 Å².